The molecular weight excluding hydrogens is 622 g/mol. The van der Waals surface area contributed by atoms with Gasteiger partial charge < -0.3 is 20.9 Å². The van der Waals surface area contributed by atoms with Crippen molar-refractivity contribution in [3.63, 3.8) is 0 Å². The highest BCUT2D eigenvalue weighted by atomic mass is 79.9. The second-order valence-electron chi connectivity index (χ2n) is 11.0. The first-order chi connectivity index (χ1) is 22.0. The van der Waals surface area contributed by atoms with Gasteiger partial charge in [-0.2, -0.15) is 0 Å². The molecule has 1 amide bonds. The number of halogens is 1. The van der Waals surface area contributed by atoms with Crippen molar-refractivity contribution in [1.82, 2.24) is 20.2 Å². The quantitative estimate of drug-likeness (QED) is 0.119. The third kappa shape index (κ3) is 7.16. The Morgan fingerprint density at radius 1 is 0.911 bits per heavy atom. The summed E-state index contributed by atoms with van der Waals surface area (Å²) in [4.78, 5) is 18.8. The van der Waals surface area contributed by atoms with E-state index in [2.05, 4.69) is 85.6 Å². The molecule has 0 saturated heterocycles. The lowest BCUT2D eigenvalue weighted by Crippen LogP contribution is -2.23. The van der Waals surface area contributed by atoms with Gasteiger partial charge in [-0.25, -0.2) is 4.98 Å². The van der Waals surface area contributed by atoms with Gasteiger partial charge in [0.2, 0.25) is 0 Å². The minimum Gasteiger partial charge on any atom is -0.350 e. The van der Waals surface area contributed by atoms with Crippen molar-refractivity contribution in [2.24, 2.45) is 12.8 Å². The normalized spacial score (nSPS) is 11.0. The molecule has 4 N–H and O–H groups in total. The van der Waals surface area contributed by atoms with Crippen molar-refractivity contribution in [3.8, 4) is 23.1 Å². The molecule has 6 rings (SSSR count). The van der Waals surface area contributed by atoms with Crippen molar-refractivity contribution in [3.05, 3.63) is 136 Å². The number of nitrogens with two attached hydrogens (primary N) is 1. The van der Waals surface area contributed by atoms with Crippen LogP contribution in [0.5, 0.6) is 0 Å². The van der Waals surface area contributed by atoms with Crippen LogP contribution < -0.4 is 16.4 Å². The molecule has 4 aromatic carbocycles. The van der Waals surface area contributed by atoms with Crippen LogP contribution in [0.1, 0.15) is 32.6 Å². The van der Waals surface area contributed by atoms with Crippen molar-refractivity contribution < 1.29 is 4.79 Å². The Morgan fingerprint density at radius 2 is 1.71 bits per heavy atom. The molecule has 0 fully saturated rings. The number of benzene rings is 4. The number of carbonyl (C=O) groups excluding carboxylic acids is 1. The van der Waals surface area contributed by atoms with Gasteiger partial charge >= 0.3 is 0 Å². The fourth-order valence-electron chi connectivity index (χ4n) is 5.44. The Kier molecular flexibility index (Phi) is 9.37. The molecular formula is C38H34BrN5O. The number of hydrogen-bond donors (Lipinski definition) is 3. The van der Waals surface area contributed by atoms with Gasteiger partial charge in [0.05, 0.1) is 23.3 Å². The van der Waals surface area contributed by atoms with E-state index in [1.165, 1.54) is 5.56 Å². The van der Waals surface area contributed by atoms with E-state index < -0.39 is 0 Å². The highest BCUT2D eigenvalue weighted by Crippen LogP contribution is 2.33. The van der Waals surface area contributed by atoms with Gasteiger partial charge in [-0.05, 0) is 65.6 Å². The summed E-state index contributed by atoms with van der Waals surface area (Å²) in [5.41, 5.74) is 14.0. The Hall–Kier alpha value is -4.74. The number of aryl methyl sites for hydroxylation is 1. The molecule has 0 atom stereocenters. The molecule has 6 aromatic rings. The van der Waals surface area contributed by atoms with E-state index in [-0.39, 0.29) is 5.91 Å². The average Bonchev–Trinajstić information content (AvgIpc) is 3.40. The minimum absolute atomic E-state index is 0.166. The van der Waals surface area contributed by atoms with Crippen LogP contribution >= 0.6 is 15.9 Å². The molecule has 0 aliphatic carbocycles. The summed E-state index contributed by atoms with van der Waals surface area (Å²) < 4.78 is 3.07. The first-order valence-electron chi connectivity index (χ1n) is 15.0. The molecule has 7 heteroatoms. The lowest BCUT2D eigenvalue weighted by molar-refractivity contribution is 0.0952. The van der Waals surface area contributed by atoms with E-state index in [1.54, 1.807) is 0 Å². The zero-order valence-corrected chi connectivity index (χ0v) is 26.7. The number of pyridine rings is 1. The second kappa shape index (κ2) is 13.9. The number of nitrogens with zero attached hydrogens (tertiary/aromatic N) is 2. The molecule has 0 aliphatic rings. The van der Waals surface area contributed by atoms with E-state index in [4.69, 9.17) is 10.7 Å². The maximum atomic E-state index is 13.8. The van der Waals surface area contributed by atoms with Gasteiger partial charge in [-0.1, -0.05) is 82.4 Å². The fraction of sp³-hybridized carbons (Fsp3) is 0.158. The van der Waals surface area contributed by atoms with Gasteiger partial charge in [-0.3, -0.25) is 4.79 Å². The van der Waals surface area contributed by atoms with E-state index in [1.807, 2.05) is 67.7 Å². The van der Waals surface area contributed by atoms with Crippen molar-refractivity contribution in [2.45, 2.75) is 19.5 Å². The SMILES string of the molecule is Cn1cc(-c2cc(C(=O)NCc3ccc(CN)cc3)c3cc(C#CCNCCc4ccccc4)ccc3n2)c2cc(Br)ccc21. The van der Waals surface area contributed by atoms with E-state index in [0.717, 1.165) is 67.2 Å². The molecule has 0 spiro atoms. The third-order valence-corrected chi connectivity index (χ3v) is 8.37. The molecule has 0 aliphatic heterocycles. The lowest BCUT2D eigenvalue weighted by Gasteiger charge is -2.11. The predicted octanol–water partition coefficient (Wildman–Crippen LogP) is 6.73. The second-order valence-corrected chi connectivity index (χ2v) is 11.9. The molecule has 2 aromatic heterocycles. The van der Waals surface area contributed by atoms with Crippen molar-refractivity contribution in [2.75, 3.05) is 13.1 Å². The number of rotatable bonds is 9. The summed E-state index contributed by atoms with van der Waals surface area (Å²) in [6.07, 6.45) is 3.02. The Morgan fingerprint density at radius 3 is 2.51 bits per heavy atom. The number of aromatic nitrogens is 2. The smallest absolute Gasteiger partial charge is 0.252 e. The molecule has 45 heavy (non-hydrogen) atoms. The van der Waals surface area contributed by atoms with E-state index >= 15 is 0 Å². The van der Waals surface area contributed by atoms with Crippen molar-refractivity contribution in [1.29, 1.82) is 0 Å². The predicted molar refractivity (Wildman–Crippen MR) is 187 cm³/mol. The first kappa shape index (κ1) is 30.3. The Balaban J connectivity index is 1.29. The molecule has 6 nitrogen and oxygen atoms in total. The fourth-order valence-corrected chi connectivity index (χ4v) is 5.80. The number of fused-ring (bicyclic) bond motifs is 2. The molecule has 0 unspecified atom stereocenters. The number of hydrogen-bond acceptors (Lipinski definition) is 4. The maximum Gasteiger partial charge on any atom is 0.252 e. The van der Waals surface area contributed by atoms with Crippen LogP contribution in [0.4, 0.5) is 0 Å². The highest BCUT2D eigenvalue weighted by Gasteiger charge is 2.17. The van der Waals surface area contributed by atoms with Gasteiger partial charge in [0.25, 0.3) is 5.91 Å². The van der Waals surface area contributed by atoms with Gasteiger partial charge in [0, 0.05) is 64.8 Å². The Labute approximate surface area is 271 Å². The largest absolute Gasteiger partial charge is 0.350 e. The summed E-state index contributed by atoms with van der Waals surface area (Å²) in [6.45, 7) is 2.32. The van der Waals surface area contributed by atoms with Gasteiger partial charge in [0.15, 0.2) is 0 Å². The highest BCUT2D eigenvalue weighted by molar-refractivity contribution is 9.10. The van der Waals surface area contributed by atoms with Crippen molar-refractivity contribution >= 4 is 43.6 Å². The zero-order valence-electron chi connectivity index (χ0n) is 25.1. The molecule has 0 radical (unpaired) electrons. The van der Waals surface area contributed by atoms with Crippen LogP contribution in [0.15, 0.2) is 108 Å². The van der Waals surface area contributed by atoms with Crippen LogP contribution in [-0.4, -0.2) is 28.5 Å². The monoisotopic (exact) mass is 655 g/mol. The maximum absolute atomic E-state index is 13.8. The van der Waals surface area contributed by atoms with Crippen LogP contribution in [0.3, 0.4) is 0 Å². The van der Waals surface area contributed by atoms with E-state index in [0.29, 0.717) is 25.2 Å². The molecule has 224 valence electrons. The van der Waals surface area contributed by atoms with Gasteiger partial charge in [-0.15, -0.1) is 0 Å². The molecule has 0 saturated carbocycles. The summed E-state index contributed by atoms with van der Waals surface area (Å²) in [5, 5.41) is 8.34. The average molecular weight is 657 g/mol. The van der Waals surface area contributed by atoms with Crippen LogP contribution in [0.2, 0.25) is 0 Å². The third-order valence-electron chi connectivity index (χ3n) is 7.87. The number of amides is 1. The van der Waals surface area contributed by atoms with Crippen LogP contribution in [-0.2, 0) is 26.6 Å². The summed E-state index contributed by atoms with van der Waals surface area (Å²) in [7, 11) is 2.02. The zero-order chi connectivity index (χ0) is 31.2. The summed E-state index contributed by atoms with van der Waals surface area (Å²) in [5.74, 6) is 6.32. The summed E-state index contributed by atoms with van der Waals surface area (Å²) >= 11 is 3.61. The van der Waals surface area contributed by atoms with E-state index in [9.17, 15) is 4.79 Å². The summed E-state index contributed by atoms with van der Waals surface area (Å²) in [6, 6.07) is 32.4. The van der Waals surface area contributed by atoms with Crippen LogP contribution in [0.25, 0.3) is 33.1 Å². The minimum atomic E-state index is -0.166. The number of carbonyl (C=O) groups is 1. The standard InChI is InChI=1S/C38H34BrN5O/c1-44-25-34(32-21-30(39)14-16-37(32)44)36-22-33(38(45)42-24-29-11-9-28(23-40)10-12-29)31-20-27(13-15-35(31)43-36)8-5-18-41-19-17-26-6-3-2-4-7-26/h2-4,6-7,9-16,20-22,25,41H,17-19,23-24,40H2,1H3,(H,42,45). The topological polar surface area (TPSA) is 85.0 Å². The molecule has 0 bridgehead atoms. The lowest BCUT2D eigenvalue weighted by atomic mass is 10.0. The van der Waals surface area contributed by atoms with Crippen LogP contribution in [0, 0.1) is 11.8 Å². The first-order valence-corrected chi connectivity index (χ1v) is 15.8. The number of nitrogens with one attached hydrogen (secondary N) is 2. The molecule has 2 heterocycles. The van der Waals surface area contributed by atoms with Gasteiger partial charge in [0.1, 0.15) is 0 Å². The Bertz CT molecular complexity index is 2040.